The van der Waals surface area contributed by atoms with Crippen LogP contribution in [0.3, 0.4) is 0 Å². The zero-order valence-electron chi connectivity index (χ0n) is 9.59. The van der Waals surface area contributed by atoms with Gasteiger partial charge in [-0.05, 0) is 36.3 Å². The normalized spacial score (nSPS) is 20.1. The molecule has 0 aliphatic heterocycles. The van der Waals surface area contributed by atoms with Gasteiger partial charge in [-0.15, -0.1) is 0 Å². The Hall–Kier alpha value is -1.03. The minimum absolute atomic E-state index is 0.0891. The third-order valence-corrected chi connectivity index (χ3v) is 3.53. The summed E-state index contributed by atoms with van der Waals surface area (Å²) in [5.74, 6) is 0. The highest BCUT2D eigenvalue weighted by Gasteiger charge is 2.44. The van der Waals surface area contributed by atoms with Gasteiger partial charge in [0.1, 0.15) is 0 Å². The van der Waals surface area contributed by atoms with Crippen LogP contribution in [0.25, 0.3) is 0 Å². The number of benzene rings is 1. The lowest BCUT2D eigenvalue weighted by molar-refractivity contribution is -0.137. The Morgan fingerprint density at radius 1 is 1.35 bits per heavy atom. The molecule has 1 nitrogen and oxygen atoms in total. The number of rotatable bonds is 3. The molecule has 0 spiro atoms. The van der Waals surface area contributed by atoms with E-state index in [0.29, 0.717) is 12.0 Å². The minimum atomic E-state index is -4.32. The Morgan fingerprint density at radius 2 is 2.00 bits per heavy atom. The van der Waals surface area contributed by atoms with Gasteiger partial charge in [-0.25, -0.2) is 0 Å². The summed E-state index contributed by atoms with van der Waals surface area (Å²) >= 11 is 0. The van der Waals surface area contributed by atoms with Gasteiger partial charge in [0.25, 0.3) is 0 Å². The van der Waals surface area contributed by atoms with Crippen molar-refractivity contribution in [1.29, 1.82) is 0 Å². The monoisotopic (exact) mass is 244 g/mol. The Morgan fingerprint density at radius 3 is 2.53 bits per heavy atom. The fourth-order valence-corrected chi connectivity index (χ4v) is 1.87. The average Bonchev–Trinajstić information content (AvgIpc) is 2.97. The van der Waals surface area contributed by atoms with E-state index in [1.165, 1.54) is 6.07 Å². The molecule has 1 aromatic rings. The molecular weight excluding hydrogens is 229 g/mol. The highest BCUT2D eigenvalue weighted by atomic mass is 19.4. The van der Waals surface area contributed by atoms with Crippen molar-refractivity contribution in [3.8, 4) is 0 Å². The third-order valence-electron chi connectivity index (χ3n) is 3.53. The summed E-state index contributed by atoms with van der Waals surface area (Å²) in [7, 11) is 0. The van der Waals surface area contributed by atoms with Crippen LogP contribution < -0.4 is 0 Å². The molecule has 1 atom stereocenters. The zero-order chi connectivity index (χ0) is 12.7. The van der Waals surface area contributed by atoms with Crippen LogP contribution in [0.15, 0.2) is 24.3 Å². The molecule has 94 valence electrons. The van der Waals surface area contributed by atoms with Gasteiger partial charge in [0.2, 0.25) is 0 Å². The second kappa shape index (κ2) is 4.02. The second-order valence-corrected chi connectivity index (χ2v) is 5.07. The molecule has 0 radical (unpaired) electrons. The largest absolute Gasteiger partial charge is 0.416 e. The van der Waals surface area contributed by atoms with Crippen LogP contribution >= 0.6 is 0 Å². The topological polar surface area (TPSA) is 20.2 Å². The van der Waals surface area contributed by atoms with Gasteiger partial charge in [0.05, 0.1) is 11.7 Å². The Bertz CT molecular complexity index is 407. The molecule has 17 heavy (non-hydrogen) atoms. The van der Waals surface area contributed by atoms with E-state index >= 15 is 0 Å². The summed E-state index contributed by atoms with van der Waals surface area (Å²) in [5.41, 5.74) is -0.197. The Kier molecular flexibility index (Phi) is 2.94. The molecule has 2 rings (SSSR count). The molecule has 1 saturated carbocycles. The van der Waals surface area contributed by atoms with Crippen molar-refractivity contribution < 1.29 is 18.3 Å². The van der Waals surface area contributed by atoms with E-state index in [0.717, 1.165) is 25.0 Å². The van der Waals surface area contributed by atoms with E-state index in [1.54, 1.807) is 6.07 Å². The molecule has 0 saturated heterocycles. The van der Waals surface area contributed by atoms with Crippen LogP contribution in [0.5, 0.6) is 0 Å². The molecule has 1 fully saturated rings. The molecule has 1 unspecified atom stereocenters. The predicted molar refractivity (Wildman–Crippen MR) is 58.5 cm³/mol. The van der Waals surface area contributed by atoms with Gasteiger partial charge in [-0.2, -0.15) is 13.2 Å². The molecule has 0 aromatic heterocycles. The fourth-order valence-electron chi connectivity index (χ4n) is 1.87. The van der Waals surface area contributed by atoms with Crippen LogP contribution in [-0.4, -0.2) is 11.2 Å². The first kappa shape index (κ1) is 12.4. The predicted octanol–water partition coefficient (Wildman–Crippen LogP) is 3.41. The van der Waals surface area contributed by atoms with Crippen LogP contribution in [0.2, 0.25) is 0 Å². The number of hydrogen-bond acceptors (Lipinski definition) is 1. The lowest BCUT2D eigenvalue weighted by Gasteiger charge is -2.18. The first-order valence-electron chi connectivity index (χ1n) is 5.65. The van der Waals surface area contributed by atoms with Gasteiger partial charge in [0, 0.05) is 0 Å². The second-order valence-electron chi connectivity index (χ2n) is 5.07. The van der Waals surface area contributed by atoms with E-state index < -0.39 is 17.8 Å². The smallest absolute Gasteiger partial charge is 0.392 e. The number of aliphatic hydroxyl groups excluding tert-OH is 1. The summed E-state index contributed by atoms with van der Waals surface area (Å²) in [6, 6.07) is 5.19. The highest BCUT2D eigenvalue weighted by Crippen LogP contribution is 2.49. The van der Waals surface area contributed by atoms with Gasteiger partial charge >= 0.3 is 6.18 Å². The lowest BCUT2D eigenvalue weighted by Crippen LogP contribution is -2.21. The summed E-state index contributed by atoms with van der Waals surface area (Å²) in [4.78, 5) is 0. The molecule has 4 heteroatoms. The maximum atomic E-state index is 12.5. The molecule has 1 aliphatic carbocycles. The number of hydrogen-bond donors (Lipinski definition) is 1. The molecule has 1 N–H and O–H groups in total. The van der Waals surface area contributed by atoms with Crippen molar-refractivity contribution in [2.24, 2.45) is 5.41 Å². The van der Waals surface area contributed by atoms with Gasteiger partial charge < -0.3 is 5.11 Å². The van der Waals surface area contributed by atoms with Crippen LogP contribution in [0, 0.1) is 5.41 Å². The zero-order valence-corrected chi connectivity index (χ0v) is 9.59. The average molecular weight is 244 g/mol. The van der Waals surface area contributed by atoms with E-state index in [4.69, 9.17) is 0 Å². The first-order valence-corrected chi connectivity index (χ1v) is 5.65. The standard InChI is InChI=1S/C13H15F3O/c1-12(5-6-12)11(17)8-9-3-2-4-10(7-9)13(14,15)16/h2-4,7,11,17H,5-6,8H2,1H3. The van der Waals surface area contributed by atoms with Crippen molar-refractivity contribution in [1.82, 2.24) is 0 Å². The van der Waals surface area contributed by atoms with Gasteiger partial charge in [0.15, 0.2) is 0 Å². The highest BCUT2D eigenvalue weighted by molar-refractivity contribution is 5.26. The van der Waals surface area contributed by atoms with E-state index in [2.05, 4.69) is 0 Å². The fraction of sp³-hybridized carbons (Fsp3) is 0.538. The van der Waals surface area contributed by atoms with Crippen molar-refractivity contribution in [2.45, 2.75) is 38.5 Å². The Labute approximate surface area is 98.3 Å². The third kappa shape index (κ3) is 2.80. The van der Waals surface area contributed by atoms with Crippen molar-refractivity contribution in [3.05, 3.63) is 35.4 Å². The maximum Gasteiger partial charge on any atom is 0.416 e. The molecular formula is C13H15F3O. The molecule has 1 aromatic carbocycles. The molecule has 0 bridgehead atoms. The number of halogens is 3. The molecule has 0 amide bonds. The maximum absolute atomic E-state index is 12.5. The van der Waals surface area contributed by atoms with Crippen molar-refractivity contribution in [2.75, 3.05) is 0 Å². The number of alkyl halides is 3. The van der Waals surface area contributed by atoms with Gasteiger partial charge in [-0.1, -0.05) is 25.1 Å². The summed E-state index contributed by atoms with van der Waals surface area (Å²) in [5, 5.41) is 9.91. The van der Waals surface area contributed by atoms with E-state index in [9.17, 15) is 18.3 Å². The molecule has 0 heterocycles. The van der Waals surface area contributed by atoms with Crippen molar-refractivity contribution in [3.63, 3.8) is 0 Å². The first-order chi connectivity index (χ1) is 7.81. The summed E-state index contributed by atoms with van der Waals surface area (Å²) in [6.07, 6.45) is -2.67. The van der Waals surface area contributed by atoms with Gasteiger partial charge in [-0.3, -0.25) is 0 Å². The molecule has 1 aliphatic rings. The quantitative estimate of drug-likeness (QED) is 0.863. The van der Waals surface area contributed by atoms with Crippen molar-refractivity contribution >= 4 is 0 Å². The van der Waals surface area contributed by atoms with E-state index in [-0.39, 0.29) is 5.41 Å². The Balaban J connectivity index is 2.11. The summed E-state index contributed by atoms with van der Waals surface area (Å²) < 4.78 is 37.5. The van der Waals surface area contributed by atoms with Crippen LogP contribution in [0.4, 0.5) is 13.2 Å². The van der Waals surface area contributed by atoms with Crippen LogP contribution in [-0.2, 0) is 12.6 Å². The number of aliphatic hydroxyl groups is 1. The minimum Gasteiger partial charge on any atom is -0.392 e. The SMILES string of the molecule is CC1(C(O)Cc2cccc(C(F)(F)F)c2)CC1. The van der Waals surface area contributed by atoms with Crippen LogP contribution in [0.1, 0.15) is 30.9 Å². The lowest BCUT2D eigenvalue weighted by atomic mass is 9.94. The van der Waals surface area contributed by atoms with E-state index in [1.807, 2.05) is 6.92 Å². The summed E-state index contributed by atoms with van der Waals surface area (Å²) in [6.45, 7) is 1.96.